The van der Waals surface area contributed by atoms with E-state index in [0.717, 1.165) is 18.4 Å². The Morgan fingerprint density at radius 3 is 2.52 bits per heavy atom. The number of benzene rings is 2. The molecule has 2 amide bonds. The normalized spacial score (nSPS) is 15.8. The van der Waals surface area contributed by atoms with Crippen LogP contribution in [-0.4, -0.2) is 49.1 Å². The fraction of sp³-hybridized carbons (Fsp3) is 0.364. The van der Waals surface area contributed by atoms with Gasteiger partial charge >= 0.3 is 0 Å². The lowest BCUT2D eigenvalue weighted by Gasteiger charge is -2.19. The van der Waals surface area contributed by atoms with Crippen molar-refractivity contribution in [3.8, 4) is 17.2 Å². The summed E-state index contributed by atoms with van der Waals surface area (Å²) in [5, 5.41) is 12.1. The van der Waals surface area contributed by atoms with Crippen LogP contribution in [0.3, 0.4) is 0 Å². The van der Waals surface area contributed by atoms with Crippen LogP contribution in [0.5, 0.6) is 17.2 Å². The van der Waals surface area contributed by atoms with Crippen LogP contribution in [0.1, 0.15) is 29.3 Å². The van der Waals surface area contributed by atoms with E-state index in [4.69, 9.17) is 9.47 Å². The summed E-state index contributed by atoms with van der Waals surface area (Å²) in [6.07, 6.45) is 1.77. The molecule has 1 fully saturated rings. The Balaban J connectivity index is 1.76. The average Bonchev–Trinajstić information content (AvgIpc) is 3.16. The van der Waals surface area contributed by atoms with Gasteiger partial charge in [0.1, 0.15) is 5.75 Å². The Hall–Kier alpha value is -3.22. The fourth-order valence-electron chi connectivity index (χ4n) is 3.70. The van der Waals surface area contributed by atoms with Gasteiger partial charge in [-0.2, -0.15) is 0 Å². The zero-order valence-corrected chi connectivity index (χ0v) is 16.9. The molecule has 7 nitrogen and oxygen atoms in total. The minimum absolute atomic E-state index is 0.106. The molecule has 2 aromatic rings. The third-order valence-electron chi connectivity index (χ3n) is 5.07. The number of carbonyl (C=O) groups is 2. The summed E-state index contributed by atoms with van der Waals surface area (Å²) in [6, 6.07) is 10.4. The maximum absolute atomic E-state index is 13.1. The second-order valence-electron chi connectivity index (χ2n) is 7.22. The van der Waals surface area contributed by atoms with Crippen molar-refractivity contribution in [2.45, 2.75) is 19.8 Å². The van der Waals surface area contributed by atoms with Gasteiger partial charge in [-0.1, -0.05) is 12.1 Å². The highest BCUT2D eigenvalue weighted by Crippen LogP contribution is 2.37. The summed E-state index contributed by atoms with van der Waals surface area (Å²) in [7, 11) is 2.98. The molecular formula is C22H26N2O5. The molecule has 0 spiro atoms. The van der Waals surface area contributed by atoms with E-state index < -0.39 is 0 Å². The number of nitrogens with one attached hydrogen (secondary N) is 1. The molecule has 1 atom stereocenters. The number of hydrogen-bond donors (Lipinski definition) is 2. The Morgan fingerprint density at radius 2 is 1.90 bits per heavy atom. The van der Waals surface area contributed by atoms with Crippen molar-refractivity contribution < 1.29 is 24.2 Å². The molecule has 1 heterocycles. The lowest BCUT2D eigenvalue weighted by atomic mass is 9.99. The number of likely N-dealkylation sites (tertiary alicyclic amines) is 1. The molecule has 0 radical (unpaired) electrons. The number of methoxy groups -OCH3 is 2. The minimum Gasteiger partial charge on any atom is -0.508 e. The number of phenols is 1. The SMILES string of the molecule is COc1cc(C(=O)N2CCC(Cc3ccc(O)cc3)C2)cc(NC(C)=O)c1OC. The Morgan fingerprint density at radius 1 is 1.17 bits per heavy atom. The maximum Gasteiger partial charge on any atom is 0.254 e. The van der Waals surface area contributed by atoms with Gasteiger partial charge in [-0.25, -0.2) is 0 Å². The molecule has 0 saturated carbocycles. The highest BCUT2D eigenvalue weighted by molar-refractivity contribution is 5.99. The molecule has 0 bridgehead atoms. The largest absolute Gasteiger partial charge is 0.508 e. The number of nitrogens with zero attached hydrogens (tertiary/aromatic N) is 1. The number of anilines is 1. The van der Waals surface area contributed by atoms with Gasteiger partial charge in [0.05, 0.1) is 19.9 Å². The van der Waals surface area contributed by atoms with E-state index in [2.05, 4.69) is 5.32 Å². The molecule has 1 aliphatic rings. The first-order valence-electron chi connectivity index (χ1n) is 9.52. The monoisotopic (exact) mass is 398 g/mol. The Bertz CT molecular complexity index is 895. The van der Waals surface area contributed by atoms with Crippen LogP contribution in [0.4, 0.5) is 5.69 Å². The highest BCUT2D eigenvalue weighted by Gasteiger charge is 2.28. The van der Waals surface area contributed by atoms with E-state index >= 15 is 0 Å². The Kier molecular flexibility index (Phi) is 6.26. The molecule has 7 heteroatoms. The molecule has 29 heavy (non-hydrogen) atoms. The van der Waals surface area contributed by atoms with Crippen molar-refractivity contribution in [2.24, 2.45) is 5.92 Å². The van der Waals surface area contributed by atoms with Gasteiger partial charge < -0.3 is 24.8 Å². The van der Waals surface area contributed by atoms with Crippen molar-refractivity contribution in [3.05, 3.63) is 47.5 Å². The van der Waals surface area contributed by atoms with Crippen LogP contribution in [0.15, 0.2) is 36.4 Å². The number of aromatic hydroxyl groups is 1. The van der Waals surface area contributed by atoms with Crippen LogP contribution < -0.4 is 14.8 Å². The molecule has 2 N–H and O–H groups in total. The molecule has 1 aliphatic heterocycles. The van der Waals surface area contributed by atoms with Gasteiger partial charge in [0, 0.05) is 25.6 Å². The summed E-state index contributed by atoms with van der Waals surface area (Å²) < 4.78 is 10.7. The van der Waals surface area contributed by atoms with Crippen molar-refractivity contribution in [1.29, 1.82) is 0 Å². The smallest absolute Gasteiger partial charge is 0.254 e. The van der Waals surface area contributed by atoms with Gasteiger partial charge in [0.15, 0.2) is 11.5 Å². The maximum atomic E-state index is 13.1. The zero-order chi connectivity index (χ0) is 21.0. The number of hydrogen-bond acceptors (Lipinski definition) is 5. The first-order chi connectivity index (χ1) is 13.9. The molecule has 1 saturated heterocycles. The van der Waals surface area contributed by atoms with E-state index in [-0.39, 0.29) is 17.6 Å². The van der Waals surface area contributed by atoms with Crippen molar-refractivity contribution >= 4 is 17.5 Å². The Labute approximate surface area is 170 Å². The highest BCUT2D eigenvalue weighted by atomic mass is 16.5. The zero-order valence-electron chi connectivity index (χ0n) is 16.9. The number of phenolic OH excluding ortho intramolecular Hbond substituents is 1. The van der Waals surface area contributed by atoms with E-state index in [1.165, 1.54) is 21.1 Å². The van der Waals surface area contributed by atoms with E-state index in [9.17, 15) is 14.7 Å². The number of rotatable bonds is 6. The van der Waals surface area contributed by atoms with Crippen molar-refractivity contribution in [3.63, 3.8) is 0 Å². The molecular weight excluding hydrogens is 372 g/mol. The predicted molar refractivity (Wildman–Crippen MR) is 110 cm³/mol. The third kappa shape index (κ3) is 4.80. The van der Waals surface area contributed by atoms with Crippen LogP contribution in [-0.2, 0) is 11.2 Å². The van der Waals surface area contributed by atoms with Crippen molar-refractivity contribution in [1.82, 2.24) is 4.90 Å². The van der Waals surface area contributed by atoms with Gasteiger partial charge in [-0.3, -0.25) is 9.59 Å². The number of ether oxygens (including phenoxy) is 2. The molecule has 154 valence electrons. The average molecular weight is 398 g/mol. The van der Waals surface area contributed by atoms with Crippen molar-refractivity contribution in [2.75, 3.05) is 32.6 Å². The first-order valence-corrected chi connectivity index (χ1v) is 9.52. The van der Waals surface area contributed by atoms with E-state index in [1.54, 1.807) is 24.3 Å². The summed E-state index contributed by atoms with van der Waals surface area (Å²) in [4.78, 5) is 26.4. The third-order valence-corrected chi connectivity index (χ3v) is 5.07. The molecule has 1 unspecified atom stereocenters. The topological polar surface area (TPSA) is 88.1 Å². The van der Waals surface area contributed by atoms with Crippen LogP contribution in [0.25, 0.3) is 0 Å². The van der Waals surface area contributed by atoms with Gasteiger partial charge in [-0.05, 0) is 48.6 Å². The predicted octanol–water partition coefficient (Wildman–Crippen LogP) is 3.07. The number of amides is 2. The quantitative estimate of drug-likeness (QED) is 0.781. The molecule has 3 rings (SSSR count). The molecule has 2 aromatic carbocycles. The summed E-state index contributed by atoms with van der Waals surface area (Å²) in [6.45, 7) is 2.73. The standard InChI is InChI=1S/C22H26N2O5/c1-14(25)23-19-11-17(12-20(28-2)21(19)29-3)22(27)24-9-8-16(13-24)10-15-4-6-18(26)7-5-15/h4-7,11-12,16,26H,8-10,13H2,1-3H3,(H,23,25). The van der Waals surface area contributed by atoms with Crippen LogP contribution in [0.2, 0.25) is 0 Å². The molecule has 0 aliphatic carbocycles. The minimum atomic E-state index is -0.259. The van der Waals surface area contributed by atoms with Gasteiger partial charge in [0.25, 0.3) is 5.91 Å². The molecule has 0 aromatic heterocycles. The van der Waals surface area contributed by atoms with Gasteiger partial charge in [-0.15, -0.1) is 0 Å². The first kappa shape index (κ1) is 20.5. The lowest BCUT2D eigenvalue weighted by Crippen LogP contribution is -2.29. The fourth-order valence-corrected chi connectivity index (χ4v) is 3.70. The lowest BCUT2D eigenvalue weighted by molar-refractivity contribution is -0.114. The summed E-state index contributed by atoms with van der Waals surface area (Å²) >= 11 is 0. The summed E-state index contributed by atoms with van der Waals surface area (Å²) in [5.41, 5.74) is 1.99. The summed E-state index contributed by atoms with van der Waals surface area (Å²) in [5.74, 6) is 1.02. The van der Waals surface area contributed by atoms with Crippen LogP contribution in [0, 0.1) is 5.92 Å². The second kappa shape index (κ2) is 8.86. The van der Waals surface area contributed by atoms with Gasteiger partial charge in [0.2, 0.25) is 5.91 Å². The second-order valence-corrected chi connectivity index (χ2v) is 7.22. The number of carbonyl (C=O) groups excluding carboxylic acids is 2. The van der Waals surface area contributed by atoms with E-state index in [1.807, 2.05) is 17.0 Å². The van der Waals surface area contributed by atoms with Crippen LogP contribution >= 0.6 is 0 Å². The van der Waals surface area contributed by atoms with E-state index in [0.29, 0.717) is 41.8 Å².